The highest BCUT2D eigenvalue weighted by Crippen LogP contribution is 2.17. The van der Waals surface area contributed by atoms with Gasteiger partial charge in [-0.1, -0.05) is 12.2 Å². The minimum Gasteiger partial charge on any atom is -0.389 e. The van der Waals surface area contributed by atoms with Crippen LogP contribution in [0.1, 0.15) is 24.8 Å². The van der Waals surface area contributed by atoms with Gasteiger partial charge < -0.3 is 10.5 Å². The molecule has 1 atom stereocenters. The van der Waals surface area contributed by atoms with Crippen molar-refractivity contribution in [2.75, 3.05) is 13.2 Å². The summed E-state index contributed by atoms with van der Waals surface area (Å²) in [5, 5.41) is 0. The molecule has 2 rings (SSSR count). The molecule has 1 unspecified atom stereocenters. The average Bonchev–Trinajstić information content (AvgIpc) is 2.91. The molecular weight excluding hydrogens is 315 g/mol. The van der Waals surface area contributed by atoms with E-state index in [2.05, 4.69) is 4.72 Å². The number of nitrogens with two attached hydrogens (primary N) is 1. The van der Waals surface area contributed by atoms with Crippen molar-refractivity contribution in [1.82, 2.24) is 4.72 Å². The van der Waals surface area contributed by atoms with E-state index in [4.69, 9.17) is 22.7 Å². The molecule has 0 aliphatic carbocycles. The van der Waals surface area contributed by atoms with E-state index >= 15 is 0 Å². The molecule has 0 bridgehead atoms. The van der Waals surface area contributed by atoms with Gasteiger partial charge in [0.2, 0.25) is 10.0 Å². The average molecular weight is 332 g/mol. The van der Waals surface area contributed by atoms with Crippen LogP contribution in [0.3, 0.4) is 0 Å². The van der Waals surface area contributed by atoms with Gasteiger partial charge in [-0.2, -0.15) is 0 Å². The first-order valence-corrected chi connectivity index (χ1v) is 8.50. The minimum atomic E-state index is -3.71. The standard InChI is InChI=1S/C13H17FN2O3S2/c14-12-4-3-10(8-11(12)13(15)20)21(17,18)16-6-5-9-2-1-7-19-9/h3-4,8-9,16H,1-2,5-7H2,(H2,15,20). The highest BCUT2D eigenvalue weighted by atomic mass is 32.2. The monoisotopic (exact) mass is 332 g/mol. The second-order valence-corrected chi connectivity index (χ2v) is 7.03. The SMILES string of the molecule is NC(=S)c1cc(S(=O)(=O)NCCC2CCCO2)ccc1F. The highest BCUT2D eigenvalue weighted by molar-refractivity contribution is 7.89. The number of halogens is 1. The largest absolute Gasteiger partial charge is 0.389 e. The van der Waals surface area contributed by atoms with Gasteiger partial charge >= 0.3 is 0 Å². The summed E-state index contributed by atoms with van der Waals surface area (Å²) in [4.78, 5) is -0.233. The van der Waals surface area contributed by atoms with Gasteiger partial charge in [-0.3, -0.25) is 0 Å². The Bertz CT molecular complexity index is 628. The van der Waals surface area contributed by atoms with Gasteiger partial charge in [0.05, 0.1) is 11.0 Å². The van der Waals surface area contributed by atoms with Gasteiger partial charge in [0.25, 0.3) is 0 Å². The van der Waals surface area contributed by atoms with Crippen LogP contribution >= 0.6 is 12.2 Å². The summed E-state index contributed by atoms with van der Waals surface area (Å²) < 4.78 is 45.6. The molecule has 5 nitrogen and oxygen atoms in total. The summed E-state index contributed by atoms with van der Waals surface area (Å²) in [5.74, 6) is -0.638. The van der Waals surface area contributed by atoms with Crippen LogP contribution in [0.4, 0.5) is 4.39 Å². The van der Waals surface area contributed by atoms with Gasteiger partial charge in [-0.25, -0.2) is 17.5 Å². The smallest absolute Gasteiger partial charge is 0.240 e. The molecule has 1 fully saturated rings. The second kappa shape index (κ2) is 6.78. The van der Waals surface area contributed by atoms with Crippen LogP contribution in [0.2, 0.25) is 0 Å². The van der Waals surface area contributed by atoms with Gasteiger partial charge in [0.15, 0.2) is 0 Å². The molecule has 1 aliphatic rings. The first kappa shape index (κ1) is 16.3. The molecule has 0 saturated carbocycles. The number of hydrogen-bond acceptors (Lipinski definition) is 4. The van der Waals surface area contributed by atoms with E-state index in [0.29, 0.717) is 6.42 Å². The molecule has 0 spiro atoms. The molecular formula is C13H17FN2O3S2. The van der Waals surface area contributed by atoms with Crippen molar-refractivity contribution in [2.24, 2.45) is 5.73 Å². The number of hydrogen-bond donors (Lipinski definition) is 2. The Labute approximate surface area is 128 Å². The Morgan fingerprint density at radius 3 is 2.90 bits per heavy atom. The van der Waals surface area contributed by atoms with E-state index in [-0.39, 0.29) is 28.1 Å². The predicted octanol–water partition coefficient (Wildman–Crippen LogP) is 1.31. The van der Waals surface area contributed by atoms with Crippen molar-refractivity contribution >= 4 is 27.2 Å². The Balaban J connectivity index is 2.04. The Morgan fingerprint density at radius 2 is 2.29 bits per heavy atom. The third-order valence-electron chi connectivity index (χ3n) is 3.30. The lowest BCUT2D eigenvalue weighted by molar-refractivity contribution is 0.105. The molecule has 21 heavy (non-hydrogen) atoms. The van der Waals surface area contributed by atoms with Gasteiger partial charge in [0, 0.05) is 18.7 Å². The van der Waals surface area contributed by atoms with E-state index in [1.807, 2.05) is 0 Å². The Hall–Kier alpha value is -1.09. The van der Waals surface area contributed by atoms with Gasteiger partial charge in [-0.05, 0) is 37.5 Å². The molecule has 8 heteroatoms. The lowest BCUT2D eigenvalue weighted by atomic mass is 10.2. The second-order valence-electron chi connectivity index (χ2n) is 4.83. The zero-order valence-corrected chi connectivity index (χ0v) is 13.0. The maximum absolute atomic E-state index is 13.5. The number of ether oxygens (including phenoxy) is 1. The summed E-state index contributed by atoms with van der Waals surface area (Å²) in [6.07, 6.45) is 2.67. The van der Waals surface area contributed by atoms with E-state index < -0.39 is 15.8 Å². The quantitative estimate of drug-likeness (QED) is 0.768. The fourth-order valence-electron chi connectivity index (χ4n) is 2.17. The van der Waals surface area contributed by atoms with Crippen molar-refractivity contribution in [3.63, 3.8) is 0 Å². The summed E-state index contributed by atoms with van der Waals surface area (Å²) in [6, 6.07) is 3.38. The topological polar surface area (TPSA) is 81.4 Å². The molecule has 1 saturated heterocycles. The first-order valence-electron chi connectivity index (χ1n) is 6.61. The molecule has 0 amide bonds. The van der Waals surface area contributed by atoms with Crippen molar-refractivity contribution < 1.29 is 17.5 Å². The predicted molar refractivity (Wildman–Crippen MR) is 81.1 cm³/mol. The lowest BCUT2D eigenvalue weighted by Gasteiger charge is -2.11. The molecule has 1 aliphatic heterocycles. The lowest BCUT2D eigenvalue weighted by Crippen LogP contribution is -2.27. The van der Waals surface area contributed by atoms with Crippen LogP contribution in [0.15, 0.2) is 23.1 Å². The van der Waals surface area contributed by atoms with Crippen molar-refractivity contribution in [2.45, 2.75) is 30.3 Å². The molecule has 1 aromatic rings. The third kappa shape index (κ3) is 4.19. The fraction of sp³-hybridized carbons (Fsp3) is 0.462. The molecule has 3 N–H and O–H groups in total. The molecule has 1 aromatic carbocycles. The summed E-state index contributed by atoms with van der Waals surface area (Å²) in [6.45, 7) is 0.999. The zero-order chi connectivity index (χ0) is 15.5. The Morgan fingerprint density at radius 1 is 1.52 bits per heavy atom. The molecule has 0 aromatic heterocycles. The maximum atomic E-state index is 13.5. The van der Waals surface area contributed by atoms with Crippen LogP contribution in [-0.4, -0.2) is 32.7 Å². The maximum Gasteiger partial charge on any atom is 0.240 e. The fourth-order valence-corrected chi connectivity index (χ4v) is 3.40. The number of nitrogens with one attached hydrogen (secondary N) is 1. The number of benzene rings is 1. The van der Waals surface area contributed by atoms with Gasteiger partial charge in [0.1, 0.15) is 10.8 Å². The third-order valence-corrected chi connectivity index (χ3v) is 4.97. The number of thiocarbonyl (C=S) groups is 1. The zero-order valence-electron chi connectivity index (χ0n) is 11.3. The van der Waals surface area contributed by atoms with E-state index in [1.54, 1.807) is 0 Å². The summed E-state index contributed by atoms with van der Waals surface area (Å²) >= 11 is 4.70. The van der Waals surface area contributed by atoms with Crippen LogP contribution < -0.4 is 10.5 Å². The normalized spacial score (nSPS) is 18.8. The van der Waals surface area contributed by atoms with E-state index in [0.717, 1.165) is 31.6 Å². The van der Waals surface area contributed by atoms with Crippen molar-refractivity contribution in [3.05, 3.63) is 29.6 Å². The van der Waals surface area contributed by atoms with Crippen LogP contribution in [0.5, 0.6) is 0 Å². The minimum absolute atomic E-state index is 0.0564. The number of rotatable bonds is 6. The number of sulfonamides is 1. The molecule has 116 valence electrons. The molecule has 0 radical (unpaired) electrons. The van der Waals surface area contributed by atoms with Crippen molar-refractivity contribution in [1.29, 1.82) is 0 Å². The first-order chi connectivity index (χ1) is 9.90. The molecule has 1 heterocycles. The van der Waals surface area contributed by atoms with Crippen LogP contribution in [-0.2, 0) is 14.8 Å². The Kier molecular flexibility index (Phi) is 5.26. The van der Waals surface area contributed by atoms with Crippen molar-refractivity contribution in [3.8, 4) is 0 Å². The van der Waals surface area contributed by atoms with Gasteiger partial charge in [-0.15, -0.1) is 0 Å². The van der Waals surface area contributed by atoms with E-state index in [1.165, 1.54) is 6.07 Å². The van der Waals surface area contributed by atoms with Crippen LogP contribution in [0.25, 0.3) is 0 Å². The van der Waals surface area contributed by atoms with Crippen LogP contribution in [0, 0.1) is 5.82 Å². The highest BCUT2D eigenvalue weighted by Gasteiger charge is 2.19. The summed E-state index contributed by atoms with van der Waals surface area (Å²) in [5.41, 5.74) is 5.29. The summed E-state index contributed by atoms with van der Waals surface area (Å²) in [7, 11) is -3.71. The van der Waals surface area contributed by atoms with E-state index in [9.17, 15) is 12.8 Å².